The molecule has 5 rings (SSSR count). The number of anilines is 1. The third-order valence-electron chi connectivity index (χ3n) is 7.24. The zero-order valence-electron chi connectivity index (χ0n) is 19.6. The lowest BCUT2D eigenvalue weighted by Gasteiger charge is -2.39. The van der Waals surface area contributed by atoms with E-state index in [-0.39, 0.29) is 11.9 Å². The molecule has 3 aliphatic heterocycles. The fourth-order valence-electron chi connectivity index (χ4n) is 5.01. The zero-order valence-corrected chi connectivity index (χ0v) is 19.6. The molecular weight excluding hydrogens is 430 g/mol. The van der Waals surface area contributed by atoms with Crippen molar-refractivity contribution < 1.29 is 14.3 Å². The van der Waals surface area contributed by atoms with E-state index in [0.717, 1.165) is 58.0 Å². The Morgan fingerprint density at radius 1 is 0.941 bits per heavy atom. The average molecular weight is 464 g/mol. The topological polar surface area (TPSA) is 78.0 Å². The molecule has 34 heavy (non-hydrogen) atoms. The van der Waals surface area contributed by atoms with Gasteiger partial charge in [-0.2, -0.15) is 0 Å². The Bertz CT molecular complexity index is 972. The summed E-state index contributed by atoms with van der Waals surface area (Å²) in [6.45, 7) is 7.21. The van der Waals surface area contributed by atoms with Crippen LogP contribution < -0.4 is 5.32 Å². The first-order chi connectivity index (χ1) is 16.7. The molecule has 0 radical (unpaired) electrons. The Morgan fingerprint density at radius 2 is 1.71 bits per heavy atom. The van der Waals surface area contributed by atoms with Crippen molar-refractivity contribution in [1.29, 1.82) is 0 Å². The van der Waals surface area contributed by atoms with E-state index < -0.39 is 0 Å². The minimum absolute atomic E-state index is 0.0641. The molecule has 0 bridgehead atoms. The highest BCUT2D eigenvalue weighted by Gasteiger charge is 2.32. The fraction of sp³-hybridized carbons (Fsp3) is 0.500. The van der Waals surface area contributed by atoms with Gasteiger partial charge in [0.2, 0.25) is 5.91 Å². The monoisotopic (exact) mass is 463 g/mol. The van der Waals surface area contributed by atoms with Crippen molar-refractivity contribution in [2.75, 3.05) is 64.3 Å². The maximum absolute atomic E-state index is 12.7. The lowest BCUT2D eigenvalue weighted by atomic mass is 9.93. The minimum Gasteiger partial charge on any atom is -0.379 e. The second-order valence-corrected chi connectivity index (χ2v) is 9.47. The zero-order chi connectivity index (χ0) is 23.3. The third-order valence-corrected chi connectivity index (χ3v) is 7.24. The van der Waals surface area contributed by atoms with E-state index in [1.165, 1.54) is 11.1 Å². The summed E-state index contributed by atoms with van der Waals surface area (Å²) in [5, 5.41) is 3.00. The number of hydrogen-bond donors (Lipinski definition) is 1. The first-order valence-electron chi connectivity index (χ1n) is 12.3. The van der Waals surface area contributed by atoms with Gasteiger partial charge in [-0.05, 0) is 35.7 Å². The number of carbonyl (C=O) groups excluding carboxylic acids is 2. The number of hydrogen-bond acceptors (Lipinski definition) is 5. The van der Waals surface area contributed by atoms with Gasteiger partial charge in [0, 0.05) is 82.2 Å². The predicted molar refractivity (Wildman–Crippen MR) is 130 cm³/mol. The van der Waals surface area contributed by atoms with Crippen LogP contribution in [0.4, 0.5) is 10.5 Å². The standard InChI is InChI=1S/C26H33N5O3/c32-25(8-10-29-12-14-34-15-13-29)30-11-7-22(17-30)20-3-5-24(6-4-20)28-26(33)31-18-23(19-31)21-2-1-9-27-16-21/h1-6,9,16,22-23H,7-8,10-15,17-19H2,(H,28,33). The van der Waals surface area contributed by atoms with Crippen LogP contribution in [0.1, 0.15) is 35.8 Å². The Kier molecular flexibility index (Phi) is 7.06. The number of morpholine rings is 1. The number of likely N-dealkylation sites (tertiary alicyclic amines) is 2. The van der Waals surface area contributed by atoms with Crippen LogP contribution in [0, 0.1) is 0 Å². The number of ether oxygens (including phenoxy) is 1. The van der Waals surface area contributed by atoms with E-state index in [9.17, 15) is 9.59 Å². The van der Waals surface area contributed by atoms with Crippen LogP contribution in [-0.4, -0.2) is 90.6 Å². The van der Waals surface area contributed by atoms with Crippen molar-refractivity contribution in [2.24, 2.45) is 0 Å². The van der Waals surface area contributed by atoms with Crippen LogP contribution in [0.3, 0.4) is 0 Å². The van der Waals surface area contributed by atoms with Crippen LogP contribution in [0.15, 0.2) is 48.8 Å². The number of carbonyl (C=O) groups is 2. The Balaban J connectivity index is 1.06. The molecule has 3 amide bonds. The summed E-state index contributed by atoms with van der Waals surface area (Å²) < 4.78 is 5.38. The third kappa shape index (κ3) is 5.39. The van der Waals surface area contributed by atoms with E-state index in [1.807, 2.05) is 34.2 Å². The molecule has 1 aromatic heterocycles. The van der Waals surface area contributed by atoms with Crippen LogP contribution >= 0.6 is 0 Å². The summed E-state index contributed by atoms with van der Waals surface area (Å²) in [5.74, 6) is 0.966. The largest absolute Gasteiger partial charge is 0.379 e. The van der Waals surface area contributed by atoms with Gasteiger partial charge in [0.25, 0.3) is 0 Å². The Hall–Kier alpha value is -2.97. The molecular formula is C26H33N5O3. The molecule has 2 aromatic rings. The van der Waals surface area contributed by atoms with Crippen molar-refractivity contribution in [3.8, 4) is 0 Å². The molecule has 8 heteroatoms. The van der Waals surface area contributed by atoms with E-state index >= 15 is 0 Å². The molecule has 3 saturated heterocycles. The lowest BCUT2D eigenvalue weighted by molar-refractivity contribution is -0.130. The van der Waals surface area contributed by atoms with Crippen LogP contribution in [-0.2, 0) is 9.53 Å². The molecule has 1 atom stereocenters. The molecule has 4 heterocycles. The minimum atomic E-state index is -0.0641. The summed E-state index contributed by atoms with van der Waals surface area (Å²) in [5.41, 5.74) is 3.21. The second-order valence-electron chi connectivity index (χ2n) is 9.47. The number of nitrogens with zero attached hydrogens (tertiary/aromatic N) is 4. The maximum Gasteiger partial charge on any atom is 0.321 e. The van der Waals surface area contributed by atoms with Crippen molar-refractivity contribution in [1.82, 2.24) is 19.7 Å². The molecule has 0 spiro atoms. The highest BCUT2D eigenvalue weighted by molar-refractivity contribution is 5.90. The number of pyridine rings is 1. The first kappa shape index (κ1) is 22.8. The van der Waals surface area contributed by atoms with Crippen molar-refractivity contribution in [3.63, 3.8) is 0 Å². The highest BCUT2D eigenvalue weighted by Crippen LogP contribution is 2.30. The van der Waals surface area contributed by atoms with Gasteiger partial charge in [-0.25, -0.2) is 4.79 Å². The lowest BCUT2D eigenvalue weighted by Crippen LogP contribution is -2.50. The SMILES string of the molecule is O=C(CCN1CCOCC1)N1CCC(c2ccc(NC(=O)N3CC(c4cccnc4)C3)cc2)C1. The number of rotatable bonds is 6. The summed E-state index contributed by atoms with van der Waals surface area (Å²) in [7, 11) is 0. The summed E-state index contributed by atoms with van der Waals surface area (Å²) in [4.78, 5) is 35.5. The van der Waals surface area contributed by atoms with Crippen molar-refractivity contribution in [3.05, 3.63) is 59.9 Å². The molecule has 1 aromatic carbocycles. The average Bonchev–Trinajstić information content (AvgIpc) is 3.34. The number of nitrogens with one attached hydrogen (secondary N) is 1. The predicted octanol–water partition coefficient (Wildman–Crippen LogP) is 2.75. The number of aromatic nitrogens is 1. The molecule has 1 N–H and O–H groups in total. The first-order valence-corrected chi connectivity index (χ1v) is 12.3. The number of benzene rings is 1. The van der Waals surface area contributed by atoms with Crippen LogP contribution in [0.25, 0.3) is 0 Å². The normalized spacial score (nSPS) is 21.4. The van der Waals surface area contributed by atoms with Gasteiger partial charge in [0.05, 0.1) is 13.2 Å². The summed E-state index contributed by atoms with van der Waals surface area (Å²) in [6, 6.07) is 12.0. The highest BCUT2D eigenvalue weighted by atomic mass is 16.5. The van der Waals surface area contributed by atoms with E-state index in [2.05, 4.69) is 33.4 Å². The van der Waals surface area contributed by atoms with E-state index in [0.29, 0.717) is 31.3 Å². The molecule has 180 valence electrons. The van der Waals surface area contributed by atoms with Gasteiger partial charge in [-0.15, -0.1) is 0 Å². The maximum atomic E-state index is 12.7. The second kappa shape index (κ2) is 10.5. The number of amides is 3. The van der Waals surface area contributed by atoms with Gasteiger partial charge in [0.1, 0.15) is 0 Å². The Morgan fingerprint density at radius 3 is 2.44 bits per heavy atom. The Labute approximate surface area is 200 Å². The van der Waals surface area contributed by atoms with E-state index in [1.54, 1.807) is 6.20 Å². The quantitative estimate of drug-likeness (QED) is 0.713. The van der Waals surface area contributed by atoms with Gasteiger partial charge in [0.15, 0.2) is 0 Å². The molecule has 0 aliphatic carbocycles. The molecule has 3 fully saturated rings. The fourth-order valence-corrected chi connectivity index (χ4v) is 5.01. The molecule has 1 unspecified atom stereocenters. The number of urea groups is 1. The molecule has 8 nitrogen and oxygen atoms in total. The van der Waals surface area contributed by atoms with Gasteiger partial charge in [-0.3, -0.25) is 14.7 Å². The summed E-state index contributed by atoms with van der Waals surface area (Å²) in [6.07, 6.45) is 5.21. The van der Waals surface area contributed by atoms with E-state index in [4.69, 9.17) is 4.74 Å². The molecule has 0 saturated carbocycles. The van der Waals surface area contributed by atoms with Gasteiger partial charge >= 0.3 is 6.03 Å². The van der Waals surface area contributed by atoms with Crippen molar-refractivity contribution in [2.45, 2.75) is 24.7 Å². The molecule has 3 aliphatic rings. The van der Waals surface area contributed by atoms with Crippen LogP contribution in [0.2, 0.25) is 0 Å². The van der Waals surface area contributed by atoms with Crippen LogP contribution in [0.5, 0.6) is 0 Å². The smallest absolute Gasteiger partial charge is 0.321 e. The summed E-state index contributed by atoms with van der Waals surface area (Å²) >= 11 is 0. The van der Waals surface area contributed by atoms with Gasteiger partial charge in [-0.1, -0.05) is 18.2 Å². The van der Waals surface area contributed by atoms with Crippen molar-refractivity contribution >= 4 is 17.6 Å². The van der Waals surface area contributed by atoms with Gasteiger partial charge < -0.3 is 19.9 Å².